The lowest BCUT2D eigenvalue weighted by atomic mass is 10.2. The van der Waals surface area contributed by atoms with E-state index in [4.69, 9.17) is 10.8 Å². The van der Waals surface area contributed by atoms with Crippen molar-refractivity contribution in [2.24, 2.45) is 5.73 Å². The van der Waals surface area contributed by atoms with E-state index in [1.807, 2.05) is 0 Å². The summed E-state index contributed by atoms with van der Waals surface area (Å²) in [5, 5.41) is 9.11. The third-order valence-corrected chi connectivity index (χ3v) is 1.54. The maximum atomic E-state index is 11.0. The van der Waals surface area contributed by atoms with E-state index in [-0.39, 0.29) is 13.0 Å². The molecule has 3 N–H and O–H groups in total. The summed E-state index contributed by atoms with van der Waals surface area (Å²) in [6, 6.07) is 0. The number of carbonyl (C=O) groups excluding carboxylic acids is 2. The zero-order chi connectivity index (χ0) is 11.1. The van der Waals surface area contributed by atoms with Crippen molar-refractivity contribution in [2.75, 3.05) is 13.7 Å². The van der Waals surface area contributed by atoms with E-state index in [1.54, 1.807) is 0 Å². The Balaban J connectivity index is 3.98. The highest BCUT2D eigenvalue weighted by molar-refractivity contribution is 5.80. The molecule has 0 fully saturated rings. The Morgan fingerprint density at radius 3 is 2.43 bits per heavy atom. The molecule has 14 heavy (non-hydrogen) atoms. The first-order valence-electron chi connectivity index (χ1n) is 4.19. The standard InChI is InChI=1S/C8H15NO5/c1-5(7(11)13-2)14-8(12)6(10)3-4-9/h5-6,10H,3-4,9H2,1-2H3. The summed E-state index contributed by atoms with van der Waals surface area (Å²) >= 11 is 0. The number of rotatable bonds is 5. The van der Waals surface area contributed by atoms with Gasteiger partial charge in [0.2, 0.25) is 0 Å². The van der Waals surface area contributed by atoms with E-state index in [0.29, 0.717) is 0 Å². The van der Waals surface area contributed by atoms with Gasteiger partial charge in [0.15, 0.2) is 12.2 Å². The Morgan fingerprint density at radius 2 is 2.00 bits per heavy atom. The predicted molar refractivity (Wildman–Crippen MR) is 47.2 cm³/mol. The summed E-state index contributed by atoms with van der Waals surface area (Å²) in [7, 11) is 1.18. The molecule has 0 aromatic heterocycles. The summed E-state index contributed by atoms with van der Waals surface area (Å²) in [5.74, 6) is -1.54. The lowest BCUT2D eigenvalue weighted by Crippen LogP contribution is -2.32. The molecule has 0 radical (unpaired) electrons. The summed E-state index contributed by atoms with van der Waals surface area (Å²) in [6.45, 7) is 1.53. The van der Waals surface area contributed by atoms with E-state index in [1.165, 1.54) is 14.0 Å². The van der Waals surface area contributed by atoms with Crippen LogP contribution >= 0.6 is 0 Å². The smallest absolute Gasteiger partial charge is 0.346 e. The van der Waals surface area contributed by atoms with Gasteiger partial charge in [-0.05, 0) is 19.9 Å². The molecule has 0 aliphatic carbocycles. The zero-order valence-electron chi connectivity index (χ0n) is 8.23. The Labute approximate surface area is 82.0 Å². The molecule has 0 aliphatic heterocycles. The minimum atomic E-state index is -1.29. The minimum absolute atomic E-state index is 0.104. The third kappa shape index (κ3) is 4.20. The number of ether oxygens (including phenoxy) is 2. The fourth-order valence-corrected chi connectivity index (χ4v) is 0.743. The summed E-state index contributed by atoms with van der Waals surface area (Å²) < 4.78 is 8.93. The Kier molecular flexibility index (Phi) is 5.82. The number of nitrogens with two attached hydrogens (primary N) is 1. The average molecular weight is 205 g/mol. The van der Waals surface area contributed by atoms with Gasteiger partial charge in [0.1, 0.15) is 0 Å². The van der Waals surface area contributed by atoms with Crippen LogP contribution in [0.3, 0.4) is 0 Å². The molecule has 6 heteroatoms. The fourth-order valence-electron chi connectivity index (χ4n) is 0.743. The molecule has 2 unspecified atom stereocenters. The average Bonchev–Trinajstić information content (AvgIpc) is 2.16. The highest BCUT2D eigenvalue weighted by atomic mass is 16.6. The maximum Gasteiger partial charge on any atom is 0.346 e. The lowest BCUT2D eigenvalue weighted by Gasteiger charge is -2.13. The van der Waals surface area contributed by atoms with Crippen LogP contribution in [0.4, 0.5) is 0 Å². The van der Waals surface area contributed by atoms with Gasteiger partial charge in [0.05, 0.1) is 7.11 Å². The van der Waals surface area contributed by atoms with Gasteiger partial charge < -0.3 is 20.3 Å². The molecular formula is C8H15NO5. The quantitative estimate of drug-likeness (QED) is 0.547. The molecule has 0 amide bonds. The second-order valence-corrected chi connectivity index (χ2v) is 2.70. The minimum Gasteiger partial charge on any atom is -0.466 e. The van der Waals surface area contributed by atoms with Crippen LogP contribution in [0.2, 0.25) is 0 Å². The van der Waals surface area contributed by atoms with Crippen LogP contribution in [0.15, 0.2) is 0 Å². The van der Waals surface area contributed by atoms with E-state index in [9.17, 15) is 9.59 Å². The van der Waals surface area contributed by atoms with Gasteiger partial charge in [-0.1, -0.05) is 0 Å². The summed E-state index contributed by atoms with van der Waals surface area (Å²) in [4.78, 5) is 21.9. The molecule has 0 saturated heterocycles. The van der Waals surface area contributed by atoms with Crippen LogP contribution in [-0.2, 0) is 19.1 Å². The van der Waals surface area contributed by atoms with Gasteiger partial charge in [0.25, 0.3) is 0 Å². The summed E-state index contributed by atoms with van der Waals surface area (Å²) in [5.41, 5.74) is 5.12. The van der Waals surface area contributed by atoms with Gasteiger partial charge in [-0.2, -0.15) is 0 Å². The highest BCUT2D eigenvalue weighted by Crippen LogP contribution is 1.99. The van der Waals surface area contributed by atoms with Crippen LogP contribution in [0.1, 0.15) is 13.3 Å². The molecule has 0 aromatic carbocycles. The number of aliphatic hydroxyl groups is 1. The van der Waals surface area contributed by atoms with Gasteiger partial charge in [-0.25, -0.2) is 9.59 Å². The van der Waals surface area contributed by atoms with Crippen LogP contribution in [0.5, 0.6) is 0 Å². The van der Waals surface area contributed by atoms with E-state index >= 15 is 0 Å². The van der Waals surface area contributed by atoms with Crippen molar-refractivity contribution in [2.45, 2.75) is 25.6 Å². The first-order valence-corrected chi connectivity index (χ1v) is 4.19. The Bertz CT molecular complexity index is 206. The largest absolute Gasteiger partial charge is 0.466 e. The highest BCUT2D eigenvalue weighted by Gasteiger charge is 2.22. The molecule has 0 bridgehead atoms. The van der Waals surface area contributed by atoms with Crippen molar-refractivity contribution in [1.29, 1.82) is 0 Å². The molecular weight excluding hydrogens is 190 g/mol. The number of aliphatic hydroxyl groups excluding tert-OH is 1. The van der Waals surface area contributed by atoms with Gasteiger partial charge in [-0.15, -0.1) is 0 Å². The second kappa shape index (κ2) is 6.33. The van der Waals surface area contributed by atoms with E-state index in [2.05, 4.69) is 9.47 Å². The molecule has 0 saturated carbocycles. The molecule has 82 valence electrons. The van der Waals surface area contributed by atoms with Crippen LogP contribution in [0, 0.1) is 0 Å². The molecule has 0 aromatic rings. The second-order valence-electron chi connectivity index (χ2n) is 2.70. The first kappa shape index (κ1) is 12.9. The van der Waals surface area contributed by atoms with Crippen LogP contribution in [-0.4, -0.2) is 42.9 Å². The first-order chi connectivity index (χ1) is 6.52. The topological polar surface area (TPSA) is 98.8 Å². The van der Waals surface area contributed by atoms with Crippen molar-refractivity contribution in [3.63, 3.8) is 0 Å². The monoisotopic (exact) mass is 205 g/mol. The normalized spacial score (nSPS) is 14.3. The molecule has 0 aliphatic rings. The molecule has 6 nitrogen and oxygen atoms in total. The third-order valence-electron chi connectivity index (χ3n) is 1.54. The maximum absolute atomic E-state index is 11.0. The predicted octanol–water partition coefficient (Wildman–Crippen LogP) is -1.20. The number of carbonyl (C=O) groups is 2. The fraction of sp³-hybridized carbons (Fsp3) is 0.750. The zero-order valence-corrected chi connectivity index (χ0v) is 8.23. The van der Waals surface area contributed by atoms with Gasteiger partial charge in [-0.3, -0.25) is 0 Å². The van der Waals surface area contributed by atoms with E-state index < -0.39 is 24.1 Å². The molecule has 0 heterocycles. The SMILES string of the molecule is COC(=O)C(C)OC(=O)C(O)CCN. The van der Waals surface area contributed by atoms with Crippen molar-refractivity contribution in [3.05, 3.63) is 0 Å². The van der Waals surface area contributed by atoms with Crippen molar-refractivity contribution in [1.82, 2.24) is 0 Å². The molecule has 0 rings (SSSR count). The molecule has 0 spiro atoms. The van der Waals surface area contributed by atoms with Crippen molar-refractivity contribution >= 4 is 11.9 Å². The van der Waals surface area contributed by atoms with Crippen LogP contribution in [0.25, 0.3) is 0 Å². The van der Waals surface area contributed by atoms with Crippen LogP contribution < -0.4 is 5.73 Å². The number of esters is 2. The lowest BCUT2D eigenvalue weighted by molar-refractivity contribution is -0.170. The Hall–Kier alpha value is -1.14. The van der Waals surface area contributed by atoms with Gasteiger partial charge in [0, 0.05) is 0 Å². The van der Waals surface area contributed by atoms with E-state index in [0.717, 1.165) is 0 Å². The number of hydrogen-bond donors (Lipinski definition) is 2. The summed E-state index contributed by atoms with van der Waals surface area (Å²) in [6.07, 6.45) is -2.20. The molecule has 2 atom stereocenters. The Morgan fingerprint density at radius 1 is 1.43 bits per heavy atom. The number of hydrogen-bond acceptors (Lipinski definition) is 6. The van der Waals surface area contributed by atoms with Crippen molar-refractivity contribution in [3.8, 4) is 0 Å². The van der Waals surface area contributed by atoms with Gasteiger partial charge >= 0.3 is 11.9 Å². The van der Waals surface area contributed by atoms with Crippen molar-refractivity contribution < 1.29 is 24.2 Å². The number of methoxy groups -OCH3 is 1.